The van der Waals surface area contributed by atoms with Crippen molar-refractivity contribution in [1.82, 2.24) is 0 Å². The molecule has 0 radical (unpaired) electrons. The fourth-order valence-corrected chi connectivity index (χ4v) is 1.85. The summed E-state index contributed by atoms with van der Waals surface area (Å²) in [4.78, 5) is 11.5. The van der Waals surface area contributed by atoms with E-state index in [0.29, 0.717) is 26.1 Å². The summed E-state index contributed by atoms with van der Waals surface area (Å²) in [5.41, 5.74) is 5.20. The van der Waals surface area contributed by atoms with Gasteiger partial charge in [0.25, 0.3) is 0 Å². The van der Waals surface area contributed by atoms with Crippen LogP contribution in [0, 0.1) is 5.41 Å². The number of carbonyl (C=O) groups excluding carboxylic acids is 1. The second-order valence-corrected chi connectivity index (χ2v) is 3.60. The van der Waals surface area contributed by atoms with E-state index < -0.39 is 5.41 Å². The molecule has 4 nitrogen and oxygen atoms in total. The topological polar surface area (TPSA) is 61.5 Å². The van der Waals surface area contributed by atoms with Gasteiger partial charge < -0.3 is 15.2 Å². The molecule has 1 saturated carbocycles. The summed E-state index contributed by atoms with van der Waals surface area (Å²) in [6, 6.07) is 0.125. The lowest BCUT2D eigenvalue weighted by molar-refractivity contribution is -0.167. The lowest BCUT2D eigenvalue weighted by Crippen LogP contribution is -2.54. The second kappa shape index (κ2) is 4.07. The third-order valence-corrected chi connectivity index (χ3v) is 2.43. The van der Waals surface area contributed by atoms with E-state index in [1.807, 2.05) is 0 Å². The minimum absolute atomic E-state index is 0.125. The summed E-state index contributed by atoms with van der Waals surface area (Å²) in [6.07, 6.45) is 1.36. The van der Waals surface area contributed by atoms with Crippen molar-refractivity contribution >= 4 is 5.97 Å². The first kappa shape index (κ1) is 10.5. The highest BCUT2D eigenvalue weighted by atomic mass is 16.5. The molecule has 0 saturated heterocycles. The average Bonchev–Trinajstić information content (AvgIpc) is 2.02. The van der Waals surface area contributed by atoms with Gasteiger partial charge >= 0.3 is 5.97 Å². The van der Waals surface area contributed by atoms with Crippen LogP contribution in [0.25, 0.3) is 0 Å². The molecule has 76 valence electrons. The molecule has 0 aliphatic heterocycles. The maximum Gasteiger partial charge on any atom is 0.314 e. The molecule has 1 fully saturated rings. The average molecular weight is 187 g/mol. The lowest BCUT2D eigenvalue weighted by atomic mass is 9.66. The Morgan fingerprint density at radius 3 is 2.62 bits per heavy atom. The summed E-state index contributed by atoms with van der Waals surface area (Å²) in [5.74, 6) is -0.168. The highest BCUT2D eigenvalue weighted by molar-refractivity contribution is 5.78. The van der Waals surface area contributed by atoms with Crippen molar-refractivity contribution in [3.05, 3.63) is 0 Å². The molecule has 0 unspecified atom stereocenters. The van der Waals surface area contributed by atoms with Gasteiger partial charge in [0.15, 0.2) is 0 Å². The van der Waals surface area contributed by atoms with Crippen molar-refractivity contribution < 1.29 is 14.3 Å². The van der Waals surface area contributed by atoms with Crippen molar-refractivity contribution in [2.45, 2.75) is 25.8 Å². The molecule has 2 N–H and O–H groups in total. The first-order valence-electron chi connectivity index (χ1n) is 4.56. The Labute approximate surface area is 78.4 Å². The molecule has 1 rings (SSSR count). The first-order valence-corrected chi connectivity index (χ1v) is 4.56. The molecule has 1 aliphatic rings. The van der Waals surface area contributed by atoms with Crippen molar-refractivity contribution in [3.63, 3.8) is 0 Å². The van der Waals surface area contributed by atoms with Gasteiger partial charge in [0, 0.05) is 13.2 Å². The highest BCUT2D eigenvalue weighted by Gasteiger charge is 2.50. The third-order valence-electron chi connectivity index (χ3n) is 2.43. The van der Waals surface area contributed by atoms with Gasteiger partial charge in [-0.1, -0.05) is 0 Å². The summed E-state index contributed by atoms with van der Waals surface area (Å²) >= 11 is 0. The molecule has 0 heterocycles. The molecule has 0 aromatic rings. The van der Waals surface area contributed by atoms with Crippen molar-refractivity contribution in [2.24, 2.45) is 11.1 Å². The van der Waals surface area contributed by atoms with Crippen LogP contribution in [0.3, 0.4) is 0 Å². The lowest BCUT2D eigenvalue weighted by Gasteiger charge is -2.43. The van der Waals surface area contributed by atoms with E-state index in [9.17, 15) is 4.79 Å². The van der Waals surface area contributed by atoms with Crippen LogP contribution in [-0.2, 0) is 14.3 Å². The summed E-state index contributed by atoms with van der Waals surface area (Å²) in [5, 5.41) is 0. The normalized spacial score (nSPS) is 32.4. The van der Waals surface area contributed by atoms with E-state index in [0.717, 1.165) is 0 Å². The van der Waals surface area contributed by atoms with Crippen molar-refractivity contribution in [2.75, 3.05) is 20.3 Å². The molecular formula is C9H17NO3. The van der Waals surface area contributed by atoms with Crippen LogP contribution in [-0.4, -0.2) is 32.3 Å². The summed E-state index contributed by atoms with van der Waals surface area (Å²) in [6.45, 7) is 2.63. The Bertz CT molecular complexity index is 182. The zero-order chi connectivity index (χ0) is 9.90. The van der Waals surface area contributed by atoms with Crippen LogP contribution in [0.1, 0.15) is 19.8 Å². The monoisotopic (exact) mass is 187 g/mol. The number of methoxy groups -OCH3 is 1. The molecule has 0 aromatic heterocycles. The Kier molecular flexibility index (Phi) is 3.27. The van der Waals surface area contributed by atoms with Crippen molar-refractivity contribution in [1.29, 1.82) is 0 Å². The van der Waals surface area contributed by atoms with E-state index in [1.54, 1.807) is 14.0 Å². The minimum Gasteiger partial charge on any atom is -0.465 e. The molecule has 0 aromatic carbocycles. The van der Waals surface area contributed by atoms with Gasteiger partial charge in [0.1, 0.15) is 0 Å². The van der Waals surface area contributed by atoms with E-state index in [2.05, 4.69) is 0 Å². The number of esters is 1. The molecule has 4 heteroatoms. The number of carbonyl (C=O) groups is 1. The van der Waals surface area contributed by atoms with Crippen LogP contribution < -0.4 is 5.73 Å². The van der Waals surface area contributed by atoms with Gasteiger partial charge in [-0.15, -0.1) is 0 Å². The zero-order valence-corrected chi connectivity index (χ0v) is 8.21. The van der Waals surface area contributed by atoms with Crippen molar-refractivity contribution in [3.8, 4) is 0 Å². The molecule has 0 bridgehead atoms. The predicted octanol–water partition coefficient (Wildman–Crippen LogP) is 0.303. The van der Waals surface area contributed by atoms with E-state index in [1.165, 1.54) is 0 Å². The van der Waals surface area contributed by atoms with E-state index in [-0.39, 0.29) is 12.0 Å². The van der Waals surface area contributed by atoms with Gasteiger partial charge in [-0.2, -0.15) is 0 Å². The largest absolute Gasteiger partial charge is 0.465 e. The quantitative estimate of drug-likeness (QED) is 0.643. The number of rotatable bonds is 4. The Morgan fingerprint density at radius 1 is 1.62 bits per heavy atom. The van der Waals surface area contributed by atoms with Gasteiger partial charge in [-0.05, 0) is 19.8 Å². The molecule has 0 amide bonds. The van der Waals surface area contributed by atoms with Gasteiger partial charge in [-0.3, -0.25) is 4.79 Å². The standard InChI is InChI=1S/C9H17NO3/c1-3-13-8(11)9(6-12-2)4-7(10)5-9/h7H,3-6,10H2,1-2H3. The first-order chi connectivity index (χ1) is 6.14. The van der Waals surface area contributed by atoms with Crippen LogP contribution in [0.15, 0.2) is 0 Å². The molecule has 13 heavy (non-hydrogen) atoms. The molecular weight excluding hydrogens is 170 g/mol. The maximum atomic E-state index is 11.5. The predicted molar refractivity (Wildman–Crippen MR) is 48.2 cm³/mol. The van der Waals surface area contributed by atoms with Crippen LogP contribution >= 0.6 is 0 Å². The number of nitrogens with two attached hydrogens (primary N) is 1. The maximum absolute atomic E-state index is 11.5. The van der Waals surface area contributed by atoms with E-state index >= 15 is 0 Å². The number of hydrogen-bond donors (Lipinski definition) is 1. The zero-order valence-electron chi connectivity index (χ0n) is 8.21. The Balaban J connectivity index is 2.53. The fraction of sp³-hybridized carbons (Fsp3) is 0.889. The number of hydrogen-bond acceptors (Lipinski definition) is 4. The van der Waals surface area contributed by atoms with Crippen LogP contribution in [0.4, 0.5) is 0 Å². The Morgan fingerprint density at radius 2 is 2.23 bits per heavy atom. The highest BCUT2D eigenvalue weighted by Crippen LogP contribution is 2.41. The smallest absolute Gasteiger partial charge is 0.314 e. The molecule has 1 aliphatic carbocycles. The van der Waals surface area contributed by atoms with Crippen LogP contribution in [0.2, 0.25) is 0 Å². The number of ether oxygens (including phenoxy) is 2. The summed E-state index contributed by atoms with van der Waals surface area (Å²) in [7, 11) is 1.59. The van der Waals surface area contributed by atoms with Crippen LogP contribution in [0.5, 0.6) is 0 Å². The summed E-state index contributed by atoms with van der Waals surface area (Å²) < 4.78 is 9.98. The SMILES string of the molecule is CCOC(=O)C1(COC)CC(N)C1. The molecule has 0 atom stereocenters. The Hall–Kier alpha value is -0.610. The fourth-order valence-electron chi connectivity index (χ4n) is 1.85. The van der Waals surface area contributed by atoms with Gasteiger partial charge in [-0.25, -0.2) is 0 Å². The van der Waals surface area contributed by atoms with Gasteiger partial charge in [0.05, 0.1) is 18.6 Å². The molecule has 0 spiro atoms. The second-order valence-electron chi connectivity index (χ2n) is 3.60. The van der Waals surface area contributed by atoms with Gasteiger partial charge in [0.2, 0.25) is 0 Å². The third kappa shape index (κ3) is 2.00. The minimum atomic E-state index is -0.454. The van der Waals surface area contributed by atoms with E-state index in [4.69, 9.17) is 15.2 Å².